The summed E-state index contributed by atoms with van der Waals surface area (Å²) >= 11 is 0. The van der Waals surface area contributed by atoms with E-state index in [-0.39, 0.29) is 11.3 Å². The molecule has 76 valence electrons. The Morgan fingerprint density at radius 1 is 1.36 bits per heavy atom. The number of hydrogen-bond donors (Lipinski definition) is 1. The predicted molar refractivity (Wildman–Crippen MR) is 48.9 cm³/mol. The van der Waals surface area contributed by atoms with Crippen molar-refractivity contribution in [1.82, 2.24) is 0 Å². The highest BCUT2D eigenvalue weighted by molar-refractivity contribution is 5.81. The lowest BCUT2D eigenvalue weighted by atomic mass is 10.2. The lowest BCUT2D eigenvalue weighted by Gasteiger charge is -2.09. The number of oxime groups is 1. The van der Waals surface area contributed by atoms with Crippen LogP contribution in [0.5, 0.6) is 11.5 Å². The minimum Gasteiger partial charge on any atom is -0.493 e. The van der Waals surface area contributed by atoms with Crippen molar-refractivity contribution in [3.8, 4) is 11.5 Å². The Morgan fingerprint density at radius 2 is 2.07 bits per heavy atom. The van der Waals surface area contributed by atoms with Crippen LogP contribution in [0, 0.1) is 5.82 Å². The van der Waals surface area contributed by atoms with Gasteiger partial charge < -0.3 is 14.7 Å². The van der Waals surface area contributed by atoms with Crippen LogP contribution in [0.15, 0.2) is 17.3 Å². The van der Waals surface area contributed by atoms with Gasteiger partial charge in [0.2, 0.25) is 0 Å². The van der Waals surface area contributed by atoms with Crippen LogP contribution >= 0.6 is 0 Å². The first kappa shape index (κ1) is 10.3. The highest BCUT2D eigenvalue weighted by Crippen LogP contribution is 2.31. The summed E-state index contributed by atoms with van der Waals surface area (Å²) in [4.78, 5) is 0. The molecule has 0 fully saturated rings. The minimum atomic E-state index is -0.621. The van der Waals surface area contributed by atoms with Crippen LogP contribution < -0.4 is 9.47 Å². The van der Waals surface area contributed by atoms with Crippen LogP contribution in [0.2, 0.25) is 0 Å². The third-order valence-electron chi connectivity index (χ3n) is 1.71. The molecule has 0 bridgehead atoms. The Hall–Kier alpha value is -1.78. The molecule has 0 atom stereocenters. The predicted octanol–water partition coefficient (Wildman–Crippen LogP) is 1.65. The van der Waals surface area contributed by atoms with E-state index in [1.165, 1.54) is 26.4 Å². The fraction of sp³-hybridized carbons (Fsp3) is 0.222. The lowest BCUT2D eigenvalue weighted by Crippen LogP contribution is -1.97. The maximum Gasteiger partial charge on any atom is 0.197 e. The Kier molecular flexibility index (Phi) is 3.28. The standard InChI is InChI=1S/C9H10FNO3/c1-13-7-4-3-6(5-11-12)8(10)9(7)14-2/h3-5,12H,1-2H3/b11-5+. The number of rotatable bonds is 3. The highest BCUT2D eigenvalue weighted by atomic mass is 19.1. The summed E-state index contributed by atoms with van der Waals surface area (Å²) in [6, 6.07) is 2.95. The second-order valence-corrected chi connectivity index (χ2v) is 2.45. The smallest absolute Gasteiger partial charge is 0.197 e. The molecule has 0 saturated heterocycles. The third kappa shape index (κ3) is 1.76. The van der Waals surface area contributed by atoms with E-state index in [2.05, 4.69) is 5.16 Å². The van der Waals surface area contributed by atoms with Gasteiger partial charge in [-0.15, -0.1) is 0 Å². The van der Waals surface area contributed by atoms with Crippen molar-refractivity contribution in [3.63, 3.8) is 0 Å². The van der Waals surface area contributed by atoms with Gasteiger partial charge in [0.15, 0.2) is 17.3 Å². The van der Waals surface area contributed by atoms with Gasteiger partial charge in [-0.25, -0.2) is 4.39 Å². The summed E-state index contributed by atoms with van der Waals surface area (Å²) in [5.74, 6) is -0.338. The molecule has 0 heterocycles. The van der Waals surface area contributed by atoms with Crippen molar-refractivity contribution >= 4 is 6.21 Å². The first-order valence-electron chi connectivity index (χ1n) is 3.82. The fourth-order valence-corrected chi connectivity index (χ4v) is 1.07. The molecule has 0 amide bonds. The van der Waals surface area contributed by atoms with E-state index in [0.29, 0.717) is 5.75 Å². The van der Waals surface area contributed by atoms with E-state index in [4.69, 9.17) is 14.7 Å². The Balaban J connectivity index is 3.27. The summed E-state index contributed by atoms with van der Waals surface area (Å²) in [6.45, 7) is 0. The van der Waals surface area contributed by atoms with E-state index in [0.717, 1.165) is 6.21 Å². The highest BCUT2D eigenvalue weighted by Gasteiger charge is 2.13. The molecule has 1 N–H and O–H groups in total. The Morgan fingerprint density at radius 3 is 2.57 bits per heavy atom. The van der Waals surface area contributed by atoms with Crippen molar-refractivity contribution in [2.75, 3.05) is 14.2 Å². The summed E-state index contributed by atoms with van der Waals surface area (Å²) in [5.41, 5.74) is 0.130. The quantitative estimate of drug-likeness (QED) is 0.457. The molecule has 4 nitrogen and oxygen atoms in total. The van der Waals surface area contributed by atoms with Gasteiger partial charge in [-0.05, 0) is 12.1 Å². The molecule has 0 aliphatic rings. The number of halogens is 1. The van der Waals surface area contributed by atoms with Crippen LogP contribution in [-0.2, 0) is 0 Å². The molecule has 0 aliphatic heterocycles. The summed E-state index contributed by atoms with van der Waals surface area (Å²) in [6.07, 6.45) is 0.983. The zero-order valence-electron chi connectivity index (χ0n) is 7.82. The van der Waals surface area contributed by atoms with Crippen molar-refractivity contribution < 1.29 is 19.1 Å². The molecule has 0 spiro atoms. The van der Waals surface area contributed by atoms with E-state index in [9.17, 15) is 4.39 Å². The molecule has 5 heteroatoms. The number of methoxy groups -OCH3 is 2. The normalized spacial score (nSPS) is 10.5. The molecule has 0 radical (unpaired) electrons. The zero-order valence-corrected chi connectivity index (χ0v) is 7.82. The molecule has 1 aromatic carbocycles. The Bertz CT molecular complexity index is 352. The van der Waals surface area contributed by atoms with Crippen molar-refractivity contribution in [2.24, 2.45) is 5.16 Å². The van der Waals surface area contributed by atoms with Crippen molar-refractivity contribution in [2.45, 2.75) is 0 Å². The monoisotopic (exact) mass is 199 g/mol. The van der Waals surface area contributed by atoms with E-state index >= 15 is 0 Å². The summed E-state index contributed by atoms with van der Waals surface area (Å²) in [5, 5.41) is 11.0. The number of hydrogen-bond acceptors (Lipinski definition) is 4. The van der Waals surface area contributed by atoms with Crippen molar-refractivity contribution in [1.29, 1.82) is 0 Å². The second-order valence-electron chi connectivity index (χ2n) is 2.45. The topological polar surface area (TPSA) is 51.0 Å². The number of nitrogens with zero attached hydrogens (tertiary/aromatic N) is 1. The van der Waals surface area contributed by atoms with Crippen LogP contribution in [0.1, 0.15) is 5.56 Å². The molecule has 1 aromatic rings. The molecular weight excluding hydrogens is 189 g/mol. The third-order valence-corrected chi connectivity index (χ3v) is 1.71. The largest absolute Gasteiger partial charge is 0.493 e. The van der Waals surface area contributed by atoms with Gasteiger partial charge >= 0.3 is 0 Å². The van der Waals surface area contributed by atoms with Gasteiger partial charge in [0, 0.05) is 5.56 Å². The average Bonchev–Trinajstić information content (AvgIpc) is 2.21. The first-order valence-corrected chi connectivity index (χ1v) is 3.82. The maximum absolute atomic E-state index is 13.5. The van der Waals surface area contributed by atoms with Crippen LogP contribution in [0.3, 0.4) is 0 Å². The van der Waals surface area contributed by atoms with E-state index < -0.39 is 5.82 Å². The zero-order chi connectivity index (χ0) is 10.6. The lowest BCUT2D eigenvalue weighted by molar-refractivity contribution is 0.321. The maximum atomic E-state index is 13.5. The van der Waals surface area contributed by atoms with Gasteiger partial charge in [-0.3, -0.25) is 0 Å². The van der Waals surface area contributed by atoms with Crippen LogP contribution in [-0.4, -0.2) is 25.6 Å². The number of benzene rings is 1. The van der Waals surface area contributed by atoms with Gasteiger partial charge in [0.1, 0.15) is 0 Å². The van der Waals surface area contributed by atoms with Gasteiger partial charge in [0.25, 0.3) is 0 Å². The Labute approximate surface area is 80.6 Å². The fourth-order valence-electron chi connectivity index (χ4n) is 1.07. The SMILES string of the molecule is COc1ccc(/C=N/O)c(F)c1OC. The molecule has 0 saturated carbocycles. The van der Waals surface area contributed by atoms with E-state index in [1.807, 2.05) is 0 Å². The molecule has 14 heavy (non-hydrogen) atoms. The summed E-state index contributed by atoms with van der Waals surface area (Å²) < 4.78 is 23.2. The second kappa shape index (κ2) is 4.45. The molecule has 0 aliphatic carbocycles. The summed E-state index contributed by atoms with van der Waals surface area (Å²) in [7, 11) is 2.75. The molecular formula is C9H10FNO3. The van der Waals surface area contributed by atoms with Gasteiger partial charge in [0.05, 0.1) is 20.4 Å². The molecule has 0 unspecified atom stereocenters. The van der Waals surface area contributed by atoms with Gasteiger partial charge in [-0.2, -0.15) is 0 Å². The molecule has 1 rings (SSSR count). The van der Waals surface area contributed by atoms with Gasteiger partial charge in [-0.1, -0.05) is 5.16 Å². The van der Waals surface area contributed by atoms with E-state index in [1.54, 1.807) is 0 Å². The molecule has 0 aromatic heterocycles. The average molecular weight is 199 g/mol. The number of ether oxygens (including phenoxy) is 2. The minimum absolute atomic E-state index is 0.00935. The first-order chi connectivity index (χ1) is 6.74. The van der Waals surface area contributed by atoms with Crippen molar-refractivity contribution in [3.05, 3.63) is 23.5 Å². The van der Waals surface area contributed by atoms with Crippen LogP contribution in [0.25, 0.3) is 0 Å². The van der Waals surface area contributed by atoms with Crippen LogP contribution in [0.4, 0.5) is 4.39 Å².